The van der Waals surface area contributed by atoms with Crippen LogP contribution in [0.4, 0.5) is 18.9 Å². The van der Waals surface area contributed by atoms with E-state index in [4.69, 9.17) is 11.6 Å². The minimum Gasteiger partial charge on any atom is -0.288 e. The van der Waals surface area contributed by atoms with Crippen LogP contribution in [0.25, 0.3) is 5.65 Å². The van der Waals surface area contributed by atoms with Gasteiger partial charge in [-0.15, -0.1) is 0 Å². The number of pyridine rings is 1. The number of aliphatic imine (C=N–C) groups is 1. The SMILES string of the molecule is FC(F)(F)c1nc2ccc(N=C(C=CSc3ccccc3)Sc3ccccc3)cn2c1Cl. The number of imidazole rings is 1. The standard InChI is InChI=1S/C23H15ClF3N3S2/c24-22-21(23(25,26)27)29-19-12-11-16(15-30(19)22)28-20(32-18-9-5-2-6-10-18)13-14-31-17-7-3-1-4-8-17/h1-15H. The van der Waals surface area contributed by atoms with Crippen LogP contribution in [0, 0.1) is 0 Å². The van der Waals surface area contributed by atoms with E-state index in [0.29, 0.717) is 10.7 Å². The molecule has 162 valence electrons. The van der Waals surface area contributed by atoms with Crippen molar-refractivity contribution in [3.63, 3.8) is 0 Å². The van der Waals surface area contributed by atoms with Crippen LogP contribution in [0.5, 0.6) is 0 Å². The van der Waals surface area contributed by atoms with Gasteiger partial charge in [-0.05, 0) is 47.9 Å². The Morgan fingerprint density at radius 2 is 1.59 bits per heavy atom. The van der Waals surface area contributed by atoms with Gasteiger partial charge in [0.05, 0.1) is 5.69 Å². The number of halogens is 4. The molecule has 2 heterocycles. The molecule has 0 saturated heterocycles. The van der Waals surface area contributed by atoms with Crippen molar-refractivity contribution in [2.75, 3.05) is 0 Å². The second-order valence-corrected chi connectivity index (χ2v) is 8.89. The van der Waals surface area contributed by atoms with E-state index in [2.05, 4.69) is 9.98 Å². The number of fused-ring (bicyclic) bond motifs is 1. The molecule has 0 unspecified atom stereocenters. The van der Waals surface area contributed by atoms with E-state index in [0.717, 1.165) is 9.79 Å². The lowest BCUT2D eigenvalue weighted by Gasteiger charge is -2.04. The molecule has 4 aromatic rings. The van der Waals surface area contributed by atoms with E-state index < -0.39 is 17.0 Å². The molecule has 0 fully saturated rings. The Morgan fingerprint density at radius 1 is 0.938 bits per heavy atom. The van der Waals surface area contributed by atoms with Gasteiger partial charge in [0, 0.05) is 16.0 Å². The lowest BCUT2D eigenvalue weighted by Crippen LogP contribution is -2.06. The molecule has 0 saturated carbocycles. The summed E-state index contributed by atoms with van der Waals surface area (Å²) in [6.07, 6.45) is -1.31. The summed E-state index contributed by atoms with van der Waals surface area (Å²) in [5.74, 6) is 0. The predicted octanol–water partition coefficient (Wildman–Crippen LogP) is 8.13. The summed E-state index contributed by atoms with van der Waals surface area (Å²) in [4.78, 5) is 10.3. The van der Waals surface area contributed by atoms with E-state index in [1.807, 2.05) is 72.1 Å². The van der Waals surface area contributed by atoms with Crippen LogP contribution in [-0.2, 0) is 6.18 Å². The maximum absolute atomic E-state index is 13.1. The maximum Gasteiger partial charge on any atom is 0.436 e. The Balaban J connectivity index is 1.67. The fourth-order valence-electron chi connectivity index (χ4n) is 2.75. The van der Waals surface area contributed by atoms with Crippen LogP contribution < -0.4 is 0 Å². The van der Waals surface area contributed by atoms with E-state index in [-0.39, 0.29) is 5.65 Å². The van der Waals surface area contributed by atoms with E-state index in [1.165, 1.54) is 28.4 Å². The zero-order valence-electron chi connectivity index (χ0n) is 16.3. The van der Waals surface area contributed by atoms with Gasteiger partial charge in [-0.2, -0.15) is 13.2 Å². The Labute approximate surface area is 196 Å². The van der Waals surface area contributed by atoms with E-state index in [1.54, 1.807) is 17.8 Å². The first-order valence-corrected chi connectivity index (χ1v) is 11.4. The summed E-state index contributed by atoms with van der Waals surface area (Å²) in [6, 6.07) is 22.7. The number of rotatable bonds is 5. The first kappa shape index (κ1) is 22.5. The highest BCUT2D eigenvalue weighted by Gasteiger charge is 2.37. The van der Waals surface area contributed by atoms with Gasteiger partial charge in [-0.25, -0.2) is 9.98 Å². The quantitative estimate of drug-likeness (QED) is 0.161. The first-order valence-electron chi connectivity index (χ1n) is 9.35. The number of thioether (sulfide) groups is 2. The summed E-state index contributed by atoms with van der Waals surface area (Å²) < 4.78 is 40.5. The minimum absolute atomic E-state index is 0.105. The average molecular weight is 490 g/mol. The van der Waals surface area contributed by atoms with Crippen LogP contribution in [-0.4, -0.2) is 14.4 Å². The summed E-state index contributed by atoms with van der Waals surface area (Å²) >= 11 is 8.94. The molecule has 2 aromatic heterocycles. The Hall–Kier alpha value is -2.68. The van der Waals surface area contributed by atoms with Gasteiger partial charge >= 0.3 is 6.18 Å². The summed E-state index contributed by atoms with van der Waals surface area (Å²) in [5.41, 5.74) is -0.551. The normalized spacial score (nSPS) is 12.7. The first-order chi connectivity index (χ1) is 15.4. The van der Waals surface area contributed by atoms with Crippen molar-refractivity contribution in [2.45, 2.75) is 16.0 Å². The molecule has 0 radical (unpaired) electrons. The molecule has 4 rings (SSSR count). The molecular weight excluding hydrogens is 475 g/mol. The zero-order valence-corrected chi connectivity index (χ0v) is 18.7. The predicted molar refractivity (Wildman–Crippen MR) is 126 cm³/mol. The van der Waals surface area contributed by atoms with Crippen molar-refractivity contribution in [2.24, 2.45) is 4.99 Å². The van der Waals surface area contributed by atoms with Crippen molar-refractivity contribution in [3.8, 4) is 0 Å². The van der Waals surface area contributed by atoms with Crippen molar-refractivity contribution in [1.82, 2.24) is 9.38 Å². The Kier molecular flexibility index (Phi) is 6.93. The topological polar surface area (TPSA) is 29.7 Å². The van der Waals surface area contributed by atoms with Crippen molar-refractivity contribution < 1.29 is 13.2 Å². The third-order valence-electron chi connectivity index (χ3n) is 4.18. The molecule has 0 aliphatic carbocycles. The molecule has 32 heavy (non-hydrogen) atoms. The molecule has 0 atom stereocenters. The largest absolute Gasteiger partial charge is 0.436 e. The summed E-state index contributed by atoms with van der Waals surface area (Å²) in [7, 11) is 0. The number of aromatic nitrogens is 2. The number of hydrogen-bond donors (Lipinski definition) is 0. The molecule has 0 spiro atoms. The maximum atomic E-state index is 13.1. The van der Waals surface area contributed by atoms with Crippen molar-refractivity contribution in [3.05, 3.63) is 101 Å². The van der Waals surface area contributed by atoms with Crippen LogP contribution in [0.3, 0.4) is 0 Å². The highest BCUT2D eigenvalue weighted by Crippen LogP contribution is 2.35. The van der Waals surface area contributed by atoms with Gasteiger partial charge < -0.3 is 0 Å². The van der Waals surface area contributed by atoms with Crippen LogP contribution in [0.2, 0.25) is 5.15 Å². The number of benzene rings is 2. The molecule has 2 aromatic carbocycles. The van der Waals surface area contributed by atoms with Gasteiger partial charge in [-0.1, -0.05) is 71.5 Å². The van der Waals surface area contributed by atoms with Crippen molar-refractivity contribution in [1.29, 1.82) is 0 Å². The average Bonchev–Trinajstić information content (AvgIpc) is 3.12. The minimum atomic E-state index is -4.63. The van der Waals surface area contributed by atoms with Gasteiger partial charge in [0.2, 0.25) is 0 Å². The van der Waals surface area contributed by atoms with Gasteiger partial charge in [-0.3, -0.25) is 4.40 Å². The molecule has 9 heteroatoms. The third kappa shape index (κ3) is 5.56. The molecule has 3 nitrogen and oxygen atoms in total. The molecule has 0 aliphatic rings. The number of alkyl halides is 3. The van der Waals surface area contributed by atoms with Gasteiger partial charge in [0.15, 0.2) is 5.69 Å². The lowest BCUT2D eigenvalue weighted by atomic mass is 10.4. The molecular formula is C23H15ClF3N3S2. The van der Waals surface area contributed by atoms with Crippen LogP contribution in [0.1, 0.15) is 5.69 Å². The van der Waals surface area contributed by atoms with Crippen molar-refractivity contribution >= 4 is 51.5 Å². The smallest absolute Gasteiger partial charge is 0.288 e. The summed E-state index contributed by atoms with van der Waals surface area (Å²) in [6.45, 7) is 0. The highest BCUT2D eigenvalue weighted by molar-refractivity contribution is 8.14. The zero-order chi connectivity index (χ0) is 22.6. The molecule has 0 N–H and O–H groups in total. The monoisotopic (exact) mass is 489 g/mol. The second-order valence-electron chi connectivity index (χ2n) is 6.46. The highest BCUT2D eigenvalue weighted by atomic mass is 35.5. The Morgan fingerprint density at radius 3 is 2.25 bits per heavy atom. The van der Waals surface area contributed by atoms with E-state index in [9.17, 15) is 13.2 Å². The van der Waals surface area contributed by atoms with Gasteiger partial charge in [0.25, 0.3) is 0 Å². The van der Waals surface area contributed by atoms with Crippen LogP contribution in [0.15, 0.2) is 105 Å². The number of nitrogens with zero attached hydrogens (tertiary/aromatic N) is 3. The molecule has 0 aliphatic heterocycles. The summed E-state index contributed by atoms with van der Waals surface area (Å²) in [5, 5.41) is 2.11. The Bertz CT molecular complexity index is 1270. The second kappa shape index (κ2) is 9.85. The number of hydrogen-bond acceptors (Lipinski definition) is 4. The van der Waals surface area contributed by atoms with Crippen LogP contribution >= 0.6 is 35.1 Å². The third-order valence-corrected chi connectivity index (χ3v) is 6.30. The van der Waals surface area contributed by atoms with Gasteiger partial charge in [0.1, 0.15) is 15.8 Å². The lowest BCUT2D eigenvalue weighted by molar-refractivity contribution is -0.140. The molecule has 0 amide bonds. The fraction of sp³-hybridized carbons (Fsp3) is 0.0435. The fourth-order valence-corrected chi connectivity index (χ4v) is 4.61. The molecule has 0 bridgehead atoms. The van der Waals surface area contributed by atoms with E-state index >= 15 is 0 Å².